The zero-order chi connectivity index (χ0) is 12.0. The summed E-state index contributed by atoms with van der Waals surface area (Å²) in [4.78, 5) is 11.7. The molecule has 1 rings (SSSR count). The molecule has 1 aliphatic heterocycles. The molecule has 0 radical (unpaired) electrons. The van der Waals surface area contributed by atoms with Gasteiger partial charge in [-0.1, -0.05) is 13.8 Å². The van der Waals surface area contributed by atoms with Crippen molar-refractivity contribution in [1.29, 1.82) is 0 Å². The van der Waals surface area contributed by atoms with Crippen LogP contribution < -0.4 is 5.32 Å². The Hall–Kier alpha value is -0.610. The third kappa shape index (κ3) is 4.49. The van der Waals surface area contributed by atoms with Gasteiger partial charge in [0.15, 0.2) is 0 Å². The zero-order valence-electron chi connectivity index (χ0n) is 10.2. The second kappa shape index (κ2) is 6.86. The maximum absolute atomic E-state index is 11.7. The molecule has 1 aliphatic rings. The van der Waals surface area contributed by atoms with Crippen LogP contribution in [0.4, 0.5) is 0 Å². The summed E-state index contributed by atoms with van der Waals surface area (Å²) in [6.07, 6.45) is 2.17. The fourth-order valence-electron chi connectivity index (χ4n) is 1.77. The van der Waals surface area contributed by atoms with Gasteiger partial charge in [0.25, 0.3) is 0 Å². The Morgan fingerprint density at radius 1 is 1.56 bits per heavy atom. The van der Waals surface area contributed by atoms with Crippen LogP contribution in [0.25, 0.3) is 0 Å². The molecule has 1 saturated heterocycles. The number of hydrogen-bond acceptors (Lipinski definition) is 3. The van der Waals surface area contributed by atoms with E-state index in [0.29, 0.717) is 19.6 Å². The van der Waals surface area contributed by atoms with Crippen molar-refractivity contribution in [2.75, 3.05) is 19.8 Å². The van der Waals surface area contributed by atoms with Gasteiger partial charge in [0.1, 0.15) is 0 Å². The Balaban J connectivity index is 2.14. The van der Waals surface area contributed by atoms with Crippen molar-refractivity contribution in [2.24, 2.45) is 11.8 Å². The Kier molecular flexibility index (Phi) is 5.77. The molecule has 16 heavy (non-hydrogen) atoms. The third-order valence-electron chi connectivity index (χ3n) is 3.04. The van der Waals surface area contributed by atoms with E-state index in [1.807, 2.05) is 13.8 Å². The number of ether oxygens (including phenoxy) is 1. The first-order valence-electron chi connectivity index (χ1n) is 6.14. The quantitative estimate of drug-likeness (QED) is 0.737. The fourth-order valence-corrected chi connectivity index (χ4v) is 1.77. The number of aliphatic hydroxyl groups is 1. The summed E-state index contributed by atoms with van der Waals surface area (Å²) in [7, 11) is 0. The first-order chi connectivity index (χ1) is 7.61. The summed E-state index contributed by atoms with van der Waals surface area (Å²) in [5.74, 6) is 0.315. The molecular weight excluding hydrogens is 206 g/mol. The molecule has 1 amide bonds. The van der Waals surface area contributed by atoms with Crippen molar-refractivity contribution in [3.05, 3.63) is 0 Å². The standard InChI is InChI=1S/C12H23NO3/c1-9(2)11(14)5-6-13-12(15)10-4-3-7-16-8-10/h9-11,14H,3-8H2,1-2H3,(H,13,15). The highest BCUT2D eigenvalue weighted by Gasteiger charge is 2.21. The van der Waals surface area contributed by atoms with Gasteiger partial charge in [0, 0.05) is 13.2 Å². The van der Waals surface area contributed by atoms with Gasteiger partial charge >= 0.3 is 0 Å². The van der Waals surface area contributed by atoms with Crippen LogP contribution in [0.2, 0.25) is 0 Å². The minimum atomic E-state index is -0.331. The average molecular weight is 229 g/mol. The highest BCUT2D eigenvalue weighted by atomic mass is 16.5. The Labute approximate surface area is 97.4 Å². The summed E-state index contributed by atoms with van der Waals surface area (Å²) in [5.41, 5.74) is 0. The molecule has 1 fully saturated rings. The van der Waals surface area contributed by atoms with Gasteiger partial charge in [0.2, 0.25) is 5.91 Å². The fraction of sp³-hybridized carbons (Fsp3) is 0.917. The van der Waals surface area contributed by atoms with Crippen molar-refractivity contribution in [3.8, 4) is 0 Å². The number of amides is 1. The summed E-state index contributed by atoms with van der Waals surface area (Å²) in [6.45, 7) is 5.81. The van der Waals surface area contributed by atoms with Gasteiger partial charge in [-0.25, -0.2) is 0 Å². The van der Waals surface area contributed by atoms with E-state index < -0.39 is 0 Å². The number of rotatable bonds is 5. The highest BCUT2D eigenvalue weighted by molar-refractivity contribution is 5.78. The van der Waals surface area contributed by atoms with Crippen LogP contribution in [0.3, 0.4) is 0 Å². The van der Waals surface area contributed by atoms with Gasteiger partial charge < -0.3 is 15.2 Å². The molecular formula is C12H23NO3. The molecule has 0 bridgehead atoms. The first-order valence-corrected chi connectivity index (χ1v) is 6.14. The molecule has 0 aromatic carbocycles. The minimum absolute atomic E-state index is 0.00458. The molecule has 0 aliphatic carbocycles. The van der Waals surface area contributed by atoms with E-state index in [-0.39, 0.29) is 23.8 Å². The lowest BCUT2D eigenvalue weighted by Gasteiger charge is -2.22. The molecule has 1 heterocycles. The predicted molar refractivity (Wildman–Crippen MR) is 62.0 cm³/mol. The van der Waals surface area contributed by atoms with Crippen molar-refractivity contribution in [1.82, 2.24) is 5.32 Å². The highest BCUT2D eigenvalue weighted by Crippen LogP contribution is 2.13. The number of carbonyl (C=O) groups is 1. The normalized spacial score (nSPS) is 23.1. The second-order valence-electron chi connectivity index (χ2n) is 4.81. The Morgan fingerprint density at radius 2 is 2.31 bits per heavy atom. The van der Waals surface area contributed by atoms with Crippen LogP contribution in [0.1, 0.15) is 33.1 Å². The monoisotopic (exact) mass is 229 g/mol. The van der Waals surface area contributed by atoms with Gasteiger partial charge in [0.05, 0.1) is 18.6 Å². The molecule has 0 saturated carbocycles. The maximum Gasteiger partial charge on any atom is 0.225 e. The predicted octanol–water partition coefficient (Wildman–Crippen LogP) is 0.936. The van der Waals surface area contributed by atoms with E-state index in [9.17, 15) is 9.90 Å². The minimum Gasteiger partial charge on any atom is -0.393 e. The number of nitrogens with one attached hydrogen (secondary N) is 1. The number of hydrogen-bond donors (Lipinski definition) is 2. The van der Waals surface area contributed by atoms with E-state index >= 15 is 0 Å². The summed E-state index contributed by atoms with van der Waals surface area (Å²) in [6, 6.07) is 0. The summed E-state index contributed by atoms with van der Waals surface area (Å²) in [5, 5.41) is 12.4. The largest absolute Gasteiger partial charge is 0.393 e. The molecule has 4 nitrogen and oxygen atoms in total. The van der Waals surface area contributed by atoms with Crippen LogP contribution in [0, 0.1) is 11.8 Å². The molecule has 2 unspecified atom stereocenters. The molecule has 0 aromatic rings. The summed E-state index contributed by atoms with van der Waals surface area (Å²) >= 11 is 0. The topological polar surface area (TPSA) is 58.6 Å². The van der Waals surface area contributed by atoms with Crippen molar-refractivity contribution >= 4 is 5.91 Å². The van der Waals surface area contributed by atoms with Crippen LogP contribution in [-0.2, 0) is 9.53 Å². The maximum atomic E-state index is 11.7. The van der Waals surface area contributed by atoms with E-state index in [2.05, 4.69) is 5.32 Å². The van der Waals surface area contributed by atoms with Gasteiger partial charge in [-0.3, -0.25) is 4.79 Å². The first kappa shape index (κ1) is 13.5. The van der Waals surface area contributed by atoms with Crippen molar-refractivity contribution < 1.29 is 14.6 Å². The Morgan fingerprint density at radius 3 is 2.88 bits per heavy atom. The zero-order valence-corrected chi connectivity index (χ0v) is 10.2. The van der Waals surface area contributed by atoms with E-state index in [0.717, 1.165) is 19.4 Å². The van der Waals surface area contributed by atoms with Gasteiger partial charge in [-0.15, -0.1) is 0 Å². The Bertz CT molecular complexity index is 212. The van der Waals surface area contributed by atoms with Crippen LogP contribution >= 0.6 is 0 Å². The van der Waals surface area contributed by atoms with Crippen LogP contribution in [0.5, 0.6) is 0 Å². The number of carbonyl (C=O) groups excluding carboxylic acids is 1. The van der Waals surface area contributed by atoms with Crippen molar-refractivity contribution in [3.63, 3.8) is 0 Å². The molecule has 4 heteroatoms. The van der Waals surface area contributed by atoms with Crippen molar-refractivity contribution in [2.45, 2.75) is 39.2 Å². The molecule has 0 aromatic heterocycles. The molecule has 94 valence electrons. The lowest BCUT2D eigenvalue weighted by Crippen LogP contribution is -2.37. The molecule has 0 spiro atoms. The van der Waals surface area contributed by atoms with E-state index in [1.54, 1.807) is 0 Å². The third-order valence-corrected chi connectivity index (χ3v) is 3.04. The van der Waals surface area contributed by atoms with Gasteiger partial charge in [-0.2, -0.15) is 0 Å². The number of aliphatic hydroxyl groups excluding tert-OH is 1. The van der Waals surface area contributed by atoms with Gasteiger partial charge in [-0.05, 0) is 25.2 Å². The van der Waals surface area contributed by atoms with E-state index in [1.165, 1.54) is 0 Å². The second-order valence-corrected chi connectivity index (χ2v) is 4.81. The van der Waals surface area contributed by atoms with Crippen LogP contribution in [0.15, 0.2) is 0 Å². The lowest BCUT2D eigenvalue weighted by molar-refractivity contribution is -0.129. The average Bonchev–Trinajstić information content (AvgIpc) is 2.29. The smallest absolute Gasteiger partial charge is 0.225 e. The summed E-state index contributed by atoms with van der Waals surface area (Å²) < 4.78 is 5.26. The SMILES string of the molecule is CC(C)C(O)CCNC(=O)C1CCCOC1. The van der Waals surface area contributed by atoms with Crippen LogP contribution in [-0.4, -0.2) is 36.9 Å². The molecule has 2 atom stereocenters. The molecule has 2 N–H and O–H groups in total. The lowest BCUT2D eigenvalue weighted by atomic mass is 10.0. The van der Waals surface area contributed by atoms with E-state index in [4.69, 9.17) is 4.74 Å².